The van der Waals surface area contributed by atoms with Gasteiger partial charge in [-0.25, -0.2) is 0 Å². The average Bonchev–Trinajstić information content (AvgIpc) is 3.18. The number of rotatable bonds is 7. The molecule has 1 atom stereocenters. The highest BCUT2D eigenvalue weighted by Gasteiger charge is 2.35. The van der Waals surface area contributed by atoms with E-state index in [-0.39, 0.29) is 11.7 Å². The molecular weight excluding hydrogens is 246 g/mol. The summed E-state index contributed by atoms with van der Waals surface area (Å²) in [5.41, 5.74) is 0.896. The van der Waals surface area contributed by atoms with Gasteiger partial charge in [0.1, 0.15) is 6.04 Å². The lowest BCUT2D eigenvalue weighted by atomic mass is 10.1. The standard InChI is InChI=1S/C14H19NO4/c1-2-19-12-7-9(3-6-11(12)16)8-15-13(14(17)18)10-4-5-10/h3,6-7,10,13,15-16H,2,4-5,8H2,1H3,(H,17,18). The number of benzene rings is 1. The summed E-state index contributed by atoms with van der Waals surface area (Å²) >= 11 is 0. The van der Waals surface area contributed by atoms with Gasteiger partial charge in [-0.15, -0.1) is 0 Å². The number of phenolic OH excluding ortho intramolecular Hbond substituents is 1. The monoisotopic (exact) mass is 265 g/mol. The lowest BCUT2D eigenvalue weighted by Crippen LogP contribution is -2.38. The first-order chi connectivity index (χ1) is 9.11. The third-order valence-electron chi connectivity index (χ3n) is 3.21. The molecule has 5 nitrogen and oxygen atoms in total. The van der Waals surface area contributed by atoms with Crippen LogP contribution in [0.2, 0.25) is 0 Å². The minimum Gasteiger partial charge on any atom is -0.504 e. The number of phenols is 1. The molecule has 3 N–H and O–H groups in total. The first-order valence-electron chi connectivity index (χ1n) is 6.52. The number of nitrogens with one attached hydrogen (secondary N) is 1. The van der Waals surface area contributed by atoms with Crippen LogP contribution in [0.15, 0.2) is 18.2 Å². The lowest BCUT2D eigenvalue weighted by molar-refractivity contribution is -0.140. The van der Waals surface area contributed by atoms with Gasteiger partial charge in [0, 0.05) is 6.54 Å². The van der Waals surface area contributed by atoms with Crippen molar-refractivity contribution in [2.75, 3.05) is 6.61 Å². The van der Waals surface area contributed by atoms with E-state index in [0.717, 1.165) is 18.4 Å². The maximum Gasteiger partial charge on any atom is 0.320 e. The van der Waals surface area contributed by atoms with E-state index in [0.29, 0.717) is 18.9 Å². The molecular formula is C14H19NO4. The highest BCUT2D eigenvalue weighted by Crippen LogP contribution is 2.33. The molecule has 5 heteroatoms. The molecule has 1 aliphatic carbocycles. The van der Waals surface area contributed by atoms with Gasteiger partial charge in [-0.1, -0.05) is 6.07 Å². The Hall–Kier alpha value is -1.75. The Labute approximate surface area is 112 Å². The fourth-order valence-corrected chi connectivity index (χ4v) is 2.05. The quantitative estimate of drug-likeness (QED) is 0.700. The van der Waals surface area contributed by atoms with Gasteiger partial charge in [0.15, 0.2) is 11.5 Å². The molecule has 0 saturated heterocycles. The number of carboxylic acids is 1. The summed E-state index contributed by atoms with van der Waals surface area (Å²) in [6.07, 6.45) is 1.95. The summed E-state index contributed by atoms with van der Waals surface area (Å²) in [5, 5.41) is 21.8. The molecule has 1 aromatic carbocycles. The molecule has 0 aromatic heterocycles. The van der Waals surface area contributed by atoms with Crippen molar-refractivity contribution in [1.82, 2.24) is 5.32 Å². The third kappa shape index (κ3) is 3.61. The van der Waals surface area contributed by atoms with Gasteiger partial charge < -0.3 is 20.3 Å². The van der Waals surface area contributed by atoms with E-state index >= 15 is 0 Å². The molecule has 2 rings (SSSR count). The summed E-state index contributed by atoms with van der Waals surface area (Å²) < 4.78 is 5.30. The van der Waals surface area contributed by atoms with Gasteiger partial charge in [-0.3, -0.25) is 4.79 Å². The van der Waals surface area contributed by atoms with Crippen LogP contribution in [0, 0.1) is 5.92 Å². The SMILES string of the molecule is CCOc1cc(CNC(C(=O)O)C2CC2)ccc1O. The summed E-state index contributed by atoms with van der Waals surface area (Å²) in [6.45, 7) is 2.77. The second kappa shape index (κ2) is 5.93. The molecule has 104 valence electrons. The average molecular weight is 265 g/mol. The molecule has 1 fully saturated rings. The van der Waals surface area contributed by atoms with Crippen LogP contribution in [0.25, 0.3) is 0 Å². The van der Waals surface area contributed by atoms with Crippen molar-refractivity contribution in [1.29, 1.82) is 0 Å². The summed E-state index contributed by atoms with van der Waals surface area (Å²) in [7, 11) is 0. The Morgan fingerprint density at radius 3 is 2.84 bits per heavy atom. The molecule has 0 aliphatic heterocycles. The van der Waals surface area contributed by atoms with Crippen molar-refractivity contribution < 1.29 is 19.7 Å². The molecule has 0 amide bonds. The zero-order valence-corrected chi connectivity index (χ0v) is 10.9. The van der Waals surface area contributed by atoms with E-state index < -0.39 is 12.0 Å². The van der Waals surface area contributed by atoms with Crippen LogP contribution in [0.4, 0.5) is 0 Å². The number of hydrogen-bond donors (Lipinski definition) is 3. The number of carboxylic acid groups (broad SMARTS) is 1. The van der Waals surface area contributed by atoms with Gasteiger partial charge in [0.2, 0.25) is 0 Å². The summed E-state index contributed by atoms with van der Waals surface area (Å²) in [6, 6.07) is 4.58. The molecule has 1 aliphatic rings. The molecule has 1 saturated carbocycles. The number of hydrogen-bond acceptors (Lipinski definition) is 4. The van der Waals surface area contributed by atoms with Crippen molar-refractivity contribution in [3.8, 4) is 11.5 Å². The molecule has 0 bridgehead atoms. The Balaban J connectivity index is 1.98. The van der Waals surface area contributed by atoms with E-state index in [1.807, 2.05) is 6.92 Å². The van der Waals surface area contributed by atoms with E-state index in [2.05, 4.69) is 5.32 Å². The smallest absolute Gasteiger partial charge is 0.320 e. The maximum absolute atomic E-state index is 11.1. The van der Waals surface area contributed by atoms with Crippen molar-refractivity contribution in [3.63, 3.8) is 0 Å². The van der Waals surface area contributed by atoms with Crippen LogP contribution in [0.5, 0.6) is 11.5 Å². The number of carbonyl (C=O) groups is 1. The Morgan fingerprint density at radius 2 is 2.26 bits per heavy atom. The van der Waals surface area contributed by atoms with Gasteiger partial charge in [-0.2, -0.15) is 0 Å². The normalized spacial score (nSPS) is 16.1. The Morgan fingerprint density at radius 1 is 1.53 bits per heavy atom. The van der Waals surface area contributed by atoms with Crippen molar-refractivity contribution in [3.05, 3.63) is 23.8 Å². The predicted octanol–water partition coefficient (Wildman–Crippen LogP) is 1.74. The zero-order valence-electron chi connectivity index (χ0n) is 10.9. The predicted molar refractivity (Wildman–Crippen MR) is 70.3 cm³/mol. The van der Waals surface area contributed by atoms with Gasteiger partial charge in [-0.05, 0) is 43.4 Å². The fourth-order valence-electron chi connectivity index (χ4n) is 2.05. The van der Waals surface area contributed by atoms with Crippen LogP contribution in [-0.2, 0) is 11.3 Å². The molecule has 0 spiro atoms. The second-order valence-electron chi connectivity index (χ2n) is 4.77. The lowest BCUT2D eigenvalue weighted by Gasteiger charge is -2.14. The van der Waals surface area contributed by atoms with Crippen LogP contribution in [-0.4, -0.2) is 28.8 Å². The Bertz CT molecular complexity index is 457. The minimum absolute atomic E-state index is 0.0996. The maximum atomic E-state index is 11.1. The largest absolute Gasteiger partial charge is 0.504 e. The van der Waals surface area contributed by atoms with Crippen molar-refractivity contribution in [2.24, 2.45) is 5.92 Å². The molecule has 0 heterocycles. The molecule has 19 heavy (non-hydrogen) atoms. The number of ether oxygens (including phenoxy) is 1. The Kier molecular flexibility index (Phi) is 4.27. The number of aliphatic carboxylic acids is 1. The molecule has 1 aromatic rings. The zero-order chi connectivity index (χ0) is 13.8. The molecule has 0 radical (unpaired) electrons. The van der Waals surface area contributed by atoms with E-state index in [4.69, 9.17) is 9.84 Å². The fraction of sp³-hybridized carbons (Fsp3) is 0.500. The topological polar surface area (TPSA) is 78.8 Å². The van der Waals surface area contributed by atoms with Gasteiger partial charge in [0.05, 0.1) is 6.61 Å². The second-order valence-corrected chi connectivity index (χ2v) is 4.77. The third-order valence-corrected chi connectivity index (χ3v) is 3.21. The first kappa shape index (κ1) is 13.7. The summed E-state index contributed by atoms with van der Waals surface area (Å²) in [5.74, 6) is -0.0186. The number of aromatic hydroxyl groups is 1. The molecule has 1 unspecified atom stereocenters. The van der Waals surface area contributed by atoms with Crippen LogP contribution >= 0.6 is 0 Å². The highest BCUT2D eigenvalue weighted by atomic mass is 16.5. The highest BCUT2D eigenvalue weighted by molar-refractivity contribution is 5.74. The van der Waals surface area contributed by atoms with Crippen molar-refractivity contribution >= 4 is 5.97 Å². The summed E-state index contributed by atoms with van der Waals surface area (Å²) in [4.78, 5) is 11.1. The van der Waals surface area contributed by atoms with E-state index in [9.17, 15) is 9.90 Å². The van der Waals surface area contributed by atoms with Crippen LogP contribution in [0.3, 0.4) is 0 Å². The van der Waals surface area contributed by atoms with Crippen LogP contribution < -0.4 is 10.1 Å². The van der Waals surface area contributed by atoms with Crippen LogP contribution in [0.1, 0.15) is 25.3 Å². The minimum atomic E-state index is -0.800. The van der Waals surface area contributed by atoms with E-state index in [1.165, 1.54) is 0 Å². The van der Waals surface area contributed by atoms with Crippen molar-refractivity contribution in [2.45, 2.75) is 32.4 Å². The van der Waals surface area contributed by atoms with Gasteiger partial charge >= 0.3 is 5.97 Å². The first-order valence-corrected chi connectivity index (χ1v) is 6.52. The van der Waals surface area contributed by atoms with Gasteiger partial charge in [0.25, 0.3) is 0 Å². The van der Waals surface area contributed by atoms with E-state index in [1.54, 1.807) is 18.2 Å².